The van der Waals surface area contributed by atoms with Crippen LogP contribution in [0.4, 0.5) is 0 Å². The van der Waals surface area contributed by atoms with Gasteiger partial charge in [0.2, 0.25) is 0 Å². The van der Waals surface area contributed by atoms with Gasteiger partial charge in [-0.05, 0) is 95.7 Å². The van der Waals surface area contributed by atoms with Crippen molar-refractivity contribution < 1.29 is 0 Å². The maximum atomic E-state index is 5.36. The Hall–Kier alpha value is -7.49. The molecular weight excluding hydrogens is 679 g/mol. The van der Waals surface area contributed by atoms with E-state index in [9.17, 15) is 0 Å². The first-order valence-electron chi connectivity index (χ1n) is 19.1. The number of hydrogen-bond acceptors (Lipinski definition) is 3. The minimum absolute atomic E-state index is 0.932. The lowest BCUT2D eigenvalue weighted by molar-refractivity contribution is 1.37. The summed E-state index contributed by atoms with van der Waals surface area (Å²) in [4.78, 5) is 14.8. The van der Waals surface area contributed by atoms with Crippen molar-refractivity contribution >= 4 is 86.6 Å². The van der Waals surface area contributed by atoms with E-state index in [-0.39, 0.29) is 0 Å². The first-order valence-corrected chi connectivity index (χ1v) is 19.1. The standard InChI is InChI=1S/C53H31N3/c1-3-11-43-41(9-1)42-10-2-4-12-44(42)50-49(43)46-13-5-6-14-48(46)56-51(50)35-19-15-32(16-20-35)36-21-17-33-18-22-37-30-38(24-25-39(37)47(33)31-36)40-27-29-55-53-45(40)26-23-34-8-7-28-54-52(34)53/h1-31H. The van der Waals surface area contributed by atoms with Gasteiger partial charge < -0.3 is 0 Å². The number of aromatic nitrogens is 3. The van der Waals surface area contributed by atoms with Crippen LogP contribution in [0.25, 0.3) is 120 Å². The molecule has 0 spiro atoms. The first-order chi connectivity index (χ1) is 27.8. The van der Waals surface area contributed by atoms with Crippen LogP contribution in [-0.2, 0) is 0 Å². The van der Waals surface area contributed by atoms with Crippen LogP contribution < -0.4 is 0 Å². The van der Waals surface area contributed by atoms with Crippen LogP contribution in [0, 0.1) is 0 Å². The van der Waals surface area contributed by atoms with Gasteiger partial charge in [0.25, 0.3) is 0 Å². The average Bonchev–Trinajstić information content (AvgIpc) is 3.28. The van der Waals surface area contributed by atoms with E-state index in [1.165, 1.54) is 75.9 Å². The van der Waals surface area contributed by atoms with Gasteiger partial charge in [-0.25, -0.2) is 4.98 Å². The molecule has 0 radical (unpaired) electrons. The number of nitrogens with zero attached hydrogens (tertiary/aromatic N) is 3. The van der Waals surface area contributed by atoms with Crippen LogP contribution in [0.5, 0.6) is 0 Å². The molecule has 12 aromatic rings. The number of fused-ring (bicyclic) bond motifs is 14. The first kappa shape index (κ1) is 30.9. The summed E-state index contributed by atoms with van der Waals surface area (Å²) in [7, 11) is 0. The van der Waals surface area contributed by atoms with Crippen LogP contribution in [0.3, 0.4) is 0 Å². The Kier molecular flexibility index (Phi) is 6.63. The minimum Gasteiger partial charge on any atom is -0.254 e. The second kappa shape index (κ2) is 12.0. The number of pyridine rings is 3. The Morgan fingerprint density at radius 2 is 0.929 bits per heavy atom. The summed E-state index contributed by atoms with van der Waals surface area (Å²) in [5.41, 5.74) is 9.68. The van der Waals surface area contributed by atoms with Crippen molar-refractivity contribution in [1.29, 1.82) is 0 Å². The zero-order valence-electron chi connectivity index (χ0n) is 30.2. The maximum Gasteiger partial charge on any atom is 0.0970 e. The van der Waals surface area contributed by atoms with E-state index in [0.29, 0.717) is 0 Å². The van der Waals surface area contributed by atoms with Crippen LogP contribution in [0.1, 0.15) is 0 Å². The molecule has 0 aliphatic heterocycles. The molecule has 9 aromatic carbocycles. The second-order valence-electron chi connectivity index (χ2n) is 14.7. The predicted molar refractivity (Wildman–Crippen MR) is 236 cm³/mol. The van der Waals surface area contributed by atoms with E-state index in [2.05, 4.69) is 175 Å². The number of rotatable bonds is 3. The summed E-state index contributed by atoms with van der Waals surface area (Å²) in [5.74, 6) is 0. The lowest BCUT2D eigenvalue weighted by atomic mass is 9.89. The van der Waals surface area contributed by atoms with Crippen LogP contribution in [-0.4, -0.2) is 15.0 Å². The van der Waals surface area contributed by atoms with E-state index in [1.54, 1.807) is 0 Å². The third-order valence-corrected chi connectivity index (χ3v) is 11.7. The maximum absolute atomic E-state index is 5.36. The molecule has 0 aliphatic rings. The highest BCUT2D eigenvalue weighted by Crippen LogP contribution is 2.43. The zero-order valence-corrected chi connectivity index (χ0v) is 30.2. The van der Waals surface area contributed by atoms with Crippen molar-refractivity contribution in [3.05, 3.63) is 188 Å². The molecule has 0 fully saturated rings. The second-order valence-corrected chi connectivity index (χ2v) is 14.7. The molecule has 56 heavy (non-hydrogen) atoms. The molecule has 3 heteroatoms. The summed E-state index contributed by atoms with van der Waals surface area (Å²) in [6.07, 6.45) is 3.74. The smallest absolute Gasteiger partial charge is 0.0970 e. The molecule has 0 saturated carbocycles. The number of para-hydroxylation sites is 1. The molecule has 3 heterocycles. The highest BCUT2D eigenvalue weighted by Gasteiger charge is 2.18. The van der Waals surface area contributed by atoms with Gasteiger partial charge in [0.1, 0.15) is 0 Å². The predicted octanol–water partition coefficient (Wildman–Crippen LogP) is 14.1. The molecule has 0 aliphatic carbocycles. The monoisotopic (exact) mass is 709 g/mol. The lowest BCUT2D eigenvalue weighted by Gasteiger charge is -2.16. The Labute approximate surface area is 322 Å². The largest absolute Gasteiger partial charge is 0.254 e. The van der Waals surface area contributed by atoms with E-state index < -0.39 is 0 Å². The van der Waals surface area contributed by atoms with Crippen LogP contribution in [0.2, 0.25) is 0 Å². The summed E-state index contributed by atoms with van der Waals surface area (Å²) in [6, 6.07) is 63.7. The minimum atomic E-state index is 0.932. The van der Waals surface area contributed by atoms with Gasteiger partial charge in [-0.3, -0.25) is 9.97 Å². The summed E-state index contributed by atoms with van der Waals surface area (Å²) in [5, 5.41) is 15.8. The van der Waals surface area contributed by atoms with Gasteiger partial charge in [-0.1, -0.05) is 146 Å². The number of benzene rings is 9. The fourth-order valence-electron chi connectivity index (χ4n) is 9.07. The van der Waals surface area contributed by atoms with Crippen molar-refractivity contribution in [3.63, 3.8) is 0 Å². The van der Waals surface area contributed by atoms with Gasteiger partial charge in [-0.15, -0.1) is 0 Å². The van der Waals surface area contributed by atoms with Crippen molar-refractivity contribution in [3.8, 4) is 33.5 Å². The summed E-state index contributed by atoms with van der Waals surface area (Å²) in [6.45, 7) is 0. The third kappa shape index (κ3) is 4.61. The Bertz CT molecular complexity index is 3590. The molecule has 0 amide bonds. The molecule has 0 atom stereocenters. The third-order valence-electron chi connectivity index (χ3n) is 11.7. The Morgan fingerprint density at radius 3 is 1.77 bits per heavy atom. The average molecular weight is 710 g/mol. The summed E-state index contributed by atoms with van der Waals surface area (Å²) >= 11 is 0. The normalized spacial score (nSPS) is 11.9. The number of hydrogen-bond donors (Lipinski definition) is 0. The summed E-state index contributed by atoms with van der Waals surface area (Å²) < 4.78 is 0. The van der Waals surface area contributed by atoms with Crippen molar-refractivity contribution in [2.24, 2.45) is 0 Å². The zero-order chi connectivity index (χ0) is 36.7. The molecular formula is C53H31N3. The van der Waals surface area contributed by atoms with Gasteiger partial charge in [0.05, 0.1) is 22.2 Å². The molecule has 0 unspecified atom stereocenters. The van der Waals surface area contributed by atoms with Crippen LogP contribution >= 0.6 is 0 Å². The quantitative estimate of drug-likeness (QED) is 0.171. The van der Waals surface area contributed by atoms with Crippen molar-refractivity contribution in [1.82, 2.24) is 15.0 Å². The molecule has 3 nitrogen and oxygen atoms in total. The SMILES string of the molecule is c1cnc2c(c1)ccc1c(-c3ccc4c(ccc5ccc(-c6ccc(-c7nc8ccccc8c8c9ccccc9c9ccccc9c78)cc6)cc54)c3)ccnc12. The van der Waals surface area contributed by atoms with E-state index in [0.717, 1.165) is 44.1 Å². The molecule has 0 saturated heterocycles. The van der Waals surface area contributed by atoms with E-state index in [4.69, 9.17) is 9.97 Å². The Balaban J connectivity index is 0.979. The van der Waals surface area contributed by atoms with E-state index in [1.807, 2.05) is 18.5 Å². The fraction of sp³-hybridized carbons (Fsp3) is 0. The van der Waals surface area contributed by atoms with Gasteiger partial charge in [0, 0.05) is 44.9 Å². The topological polar surface area (TPSA) is 38.7 Å². The van der Waals surface area contributed by atoms with Gasteiger partial charge in [0.15, 0.2) is 0 Å². The molecule has 258 valence electrons. The molecule has 0 bridgehead atoms. The molecule has 12 rings (SSSR count). The molecule has 3 aromatic heterocycles. The van der Waals surface area contributed by atoms with Gasteiger partial charge >= 0.3 is 0 Å². The van der Waals surface area contributed by atoms with Crippen molar-refractivity contribution in [2.75, 3.05) is 0 Å². The van der Waals surface area contributed by atoms with Crippen LogP contribution in [0.15, 0.2) is 188 Å². The van der Waals surface area contributed by atoms with Gasteiger partial charge in [-0.2, -0.15) is 0 Å². The van der Waals surface area contributed by atoms with E-state index >= 15 is 0 Å². The molecule has 0 N–H and O–H groups in total. The van der Waals surface area contributed by atoms with Crippen molar-refractivity contribution in [2.45, 2.75) is 0 Å². The lowest BCUT2D eigenvalue weighted by Crippen LogP contribution is -1.93. The highest BCUT2D eigenvalue weighted by atomic mass is 14.7. The Morgan fingerprint density at radius 1 is 0.304 bits per heavy atom. The fourth-order valence-corrected chi connectivity index (χ4v) is 9.07. The highest BCUT2D eigenvalue weighted by molar-refractivity contribution is 6.33.